The van der Waals surface area contributed by atoms with E-state index in [4.69, 9.17) is 12.2 Å². The normalized spacial score (nSPS) is 22.9. The van der Waals surface area contributed by atoms with Gasteiger partial charge in [-0.25, -0.2) is 0 Å². The lowest BCUT2D eigenvalue weighted by molar-refractivity contribution is 0.156. The van der Waals surface area contributed by atoms with Crippen molar-refractivity contribution in [1.82, 2.24) is 9.88 Å². The number of nitrogens with zero attached hydrogens (tertiary/aromatic N) is 1. The van der Waals surface area contributed by atoms with Gasteiger partial charge in [-0.1, -0.05) is 31.6 Å². The van der Waals surface area contributed by atoms with E-state index in [2.05, 4.69) is 22.9 Å². The highest BCUT2D eigenvalue weighted by Gasteiger charge is 2.23. The topological polar surface area (TPSA) is 19.0 Å². The fraction of sp³-hybridized carbons (Fsp3) is 0.583. The average Bonchev–Trinajstić information content (AvgIpc) is 2.30. The number of aromatic amines is 1. The van der Waals surface area contributed by atoms with Crippen LogP contribution in [0.25, 0.3) is 0 Å². The van der Waals surface area contributed by atoms with Crippen LogP contribution in [0, 0.1) is 4.64 Å². The van der Waals surface area contributed by atoms with Crippen molar-refractivity contribution >= 4 is 12.2 Å². The van der Waals surface area contributed by atoms with Gasteiger partial charge in [0.15, 0.2) is 0 Å². The van der Waals surface area contributed by atoms with Gasteiger partial charge in [0.2, 0.25) is 0 Å². The second-order valence-corrected chi connectivity index (χ2v) is 4.50. The van der Waals surface area contributed by atoms with E-state index < -0.39 is 0 Å². The van der Waals surface area contributed by atoms with Crippen LogP contribution in [0.3, 0.4) is 0 Å². The highest BCUT2D eigenvalue weighted by molar-refractivity contribution is 7.71. The summed E-state index contributed by atoms with van der Waals surface area (Å²) in [4.78, 5) is 5.66. The maximum atomic E-state index is 5.35. The summed E-state index contributed by atoms with van der Waals surface area (Å²) in [5, 5.41) is 0. The summed E-state index contributed by atoms with van der Waals surface area (Å²) in [5.41, 5.74) is 1.30. The Morgan fingerprint density at radius 3 is 3.13 bits per heavy atom. The van der Waals surface area contributed by atoms with Gasteiger partial charge in [0, 0.05) is 17.8 Å². The predicted molar refractivity (Wildman–Crippen MR) is 65.5 cm³/mol. The second kappa shape index (κ2) is 4.90. The summed E-state index contributed by atoms with van der Waals surface area (Å²) in [6.07, 6.45) is 5.80. The van der Waals surface area contributed by atoms with Crippen molar-refractivity contribution in [3.63, 3.8) is 0 Å². The molecule has 0 radical (unpaired) electrons. The summed E-state index contributed by atoms with van der Waals surface area (Å²) in [5.74, 6) is 0. The summed E-state index contributed by atoms with van der Waals surface area (Å²) in [7, 11) is 0. The van der Waals surface area contributed by atoms with Crippen LogP contribution in [0.15, 0.2) is 18.3 Å². The van der Waals surface area contributed by atoms with Gasteiger partial charge in [-0.05, 0) is 32.0 Å². The smallest absolute Gasteiger partial charge is 0.108 e. The summed E-state index contributed by atoms with van der Waals surface area (Å²) < 4.78 is 0.905. The van der Waals surface area contributed by atoms with Crippen molar-refractivity contribution < 1.29 is 0 Å². The minimum atomic E-state index is 0.536. The summed E-state index contributed by atoms with van der Waals surface area (Å²) in [6, 6.07) is 4.75. The molecule has 1 aromatic heterocycles. The van der Waals surface area contributed by atoms with Crippen LogP contribution < -0.4 is 0 Å². The molecular weight excluding hydrogens is 204 g/mol. The molecule has 1 N–H and O–H groups in total. The van der Waals surface area contributed by atoms with Gasteiger partial charge in [-0.3, -0.25) is 4.90 Å². The van der Waals surface area contributed by atoms with Crippen LogP contribution >= 0.6 is 12.2 Å². The van der Waals surface area contributed by atoms with Crippen molar-refractivity contribution in [2.75, 3.05) is 13.1 Å². The first-order valence-electron chi connectivity index (χ1n) is 5.74. The molecule has 3 heteroatoms. The molecule has 2 nitrogen and oxygen atoms in total. The monoisotopic (exact) mass is 222 g/mol. The number of hydrogen-bond donors (Lipinski definition) is 1. The molecule has 1 aliphatic heterocycles. The molecule has 0 saturated carbocycles. The van der Waals surface area contributed by atoms with Gasteiger partial charge in [-0.15, -0.1) is 0 Å². The Labute approximate surface area is 96.3 Å². The lowest BCUT2D eigenvalue weighted by atomic mass is 9.96. The van der Waals surface area contributed by atoms with Crippen LogP contribution in [-0.2, 0) is 0 Å². The molecule has 1 fully saturated rings. The van der Waals surface area contributed by atoms with Gasteiger partial charge in [-0.2, -0.15) is 0 Å². The van der Waals surface area contributed by atoms with Crippen LogP contribution in [-0.4, -0.2) is 23.0 Å². The average molecular weight is 222 g/mol. The second-order valence-electron chi connectivity index (χ2n) is 4.09. The third-order valence-electron chi connectivity index (χ3n) is 3.23. The van der Waals surface area contributed by atoms with Crippen LogP contribution in [0.1, 0.15) is 37.8 Å². The van der Waals surface area contributed by atoms with Gasteiger partial charge >= 0.3 is 0 Å². The first-order chi connectivity index (χ1) is 7.33. The summed E-state index contributed by atoms with van der Waals surface area (Å²) in [6.45, 7) is 4.56. The minimum absolute atomic E-state index is 0.536. The Kier molecular flexibility index (Phi) is 3.54. The minimum Gasteiger partial charge on any atom is -0.353 e. The number of likely N-dealkylation sites (tertiary alicyclic amines) is 1. The van der Waals surface area contributed by atoms with Crippen LogP contribution in [0.5, 0.6) is 0 Å². The Morgan fingerprint density at radius 1 is 1.53 bits per heavy atom. The van der Waals surface area contributed by atoms with E-state index in [0.29, 0.717) is 6.04 Å². The van der Waals surface area contributed by atoms with Gasteiger partial charge < -0.3 is 4.98 Å². The number of piperidine rings is 1. The van der Waals surface area contributed by atoms with Crippen LogP contribution in [0.4, 0.5) is 0 Å². The van der Waals surface area contributed by atoms with E-state index in [0.717, 1.165) is 11.2 Å². The fourth-order valence-corrected chi connectivity index (χ4v) is 2.69. The first-order valence-corrected chi connectivity index (χ1v) is 6.15. The van der Waals surface area contributed by atoms with E-state index in [1.54, 1.807) is 0 Å². The number of aromatic nitrogens is 1. The van der Waals surface area contributed by atoms with E-state index >= 15 is 0 Å². The Bertz CT molecular complexity index is 372. The molecule has 1 aromatic rings. The number of pyridine rings is 1. The van der Waals surface area contributed by atoms with E-state index in [1.165, 1.54) is 31.4 Å². The van der Waals surface area contributed by atoms with Gasteiger partial charge in [0.25, 0.3) is 0 Å². The van der Waals surface area contributed by atoms with Gasteiger partial charge in [0.1, 0.15) is 4.64 Å². The highest BCUT2D eigenvalue weighted by atomic mass is 32.1. The number of nitrogens with one attached hydrogen (secondary N) is 1. The van der Waals surface area contributed by atoms with Crippen LogP contribution in [0.2, 0.25) is 0 Å². The molecule has 15 heavy (non-hydrogen) atoms. The molecule has 0 spiro atoms. The van der Waals surface area contributed by atoms with E-state index in [-0.39, 0.29) is 0 Å². The molecule has 82 valence electrons. The molecule has 2 heterocycles. The quantitative estimate of drug-likeness (QED) is 0.774. The zero-order chi connectivity index (χ0) is 10.7. The van der Waals surface area contributed by atoms with Crippen molar-refractivity contribution in [2.45, 2.75) is 32.2 Å². The van der Waals surface area contributed by atoms with Crippen molar-refractivity contribution in [3.05, 3.63) is 28.5 Å². The molecule has 0 aromatic carbocycles. The zero-order valence-corrected chi connectivity index (χ0v) is 10.0. The Hall–Kier alpha value is -0.670. The fourth-order valence-electron chi connectivity index (χ4n) is 2.42. The molecule has 0 bridgehead atoms. The Balaban J connectivity index is 2.28. The molecule has 1 saturated heterocycles. The van der Waals surface area contributed by atoms with Gasteiger partial charge in [0.05, 0.1) is 0 Å². The molecule has 1 atom stereocenters. The molecule has 0 unspecified atom stereocenters. The highest BCUT2D eigenvalue weighted by Crippen LogP contribution is 2.30. The maximum absolute atomic E-state index is 5.35. The molecule has 2 rings (SSSR count). The molecule has 0 amide bonds. The maximum Gasteiger partial charge on any atom is 0.108 e. The lowest BCUT2D eigenvalue weighted by Gasteiger charge is -2.35. The number of hydrogen-bond acceptors (Lipinski definition) is 2. The molecular formula is C12H18N2S. The lowest BCUT2D eigenvalue weighted by Crippen LogP contribution is -2.33. The number of rotatable bonds is 2. The Morgan fingerprint density at radius 2 is 2.40 bits per heavy atom. The predicted octanol–water partition coefficient (Wildman–Crippen LogP) is 3.29. The van der Waals surface area contributed by atoms with Crippen molar-refractivity contribution in [2.24, 2.45) is 0 Å². The standard InChI is InChI=1S/C12H18N2S/c1-2-14-9-4-3-7-11(14)10-6-5-8-13-12(10)15/h5-6,8,11H,2-4,7,9H2,1H3,(H,13,15)/t11-/m0/s1. The largest absolute Gasteiger partial charge is 0.353 e. The third-order valence-corrected chi connectivity index (χ3v) is 3.58. The van der Waals surface area contributed by atoms with E-state index in [9.17, 15) is 0 Å². The SMILES string of the molecule is CCN1CCCC[C@H]1c1ccc[nH]c1=S. The summed E-state index contributed by atoms with van der Waals surface area (Å²) >= 11 is 5.35. The van der Waals surface area contributed by atoms with Crippen molar-refractivity contribution in [3.8, 4) is 0 Å². The third kappa shape index (κ3) is 2.29. The molecule has 0 aliphatic carbocycles. The zero-order valence-electron chi connectivity index (χ0n) is 9.20. The molecule has 1 aliphatic rings. The first kappa shape index (κ1) is 10.8. The van der Waals surface area contributed by atoms with Crippen molar-refractivity contribution in [1.29, 1.82) is 0 Å². The number of H-pyrrole nitrogens is 1. The van der Waals surface area contributed by atoms with E-state index in [1.807, 2.05) is 12.3 Å².